The van der Waals surface area contributed by atoms with Crippen molar-refractivity contribution in [3.63, 3.8) is 0 Å². The van der Waals surface area contributed by atoms with Crippen LogP contribution in [0, 0.1) is 0 Å². The topological polar surface area (TPSA) is 99.5 Å². The van der Waals surface area contributed by atoms with Gasteiger partial charge in [0.1, 0.15) is 0 Å². The fourth-order valence-corrected chi connectivity index (χ4v) is 2.48. The highest BCUT2D eigenvalue weighted by molar-refractivity contribution is 5.90. The molecule has 1 saturated heterocycles. The van der Waals surface area contributed by atoms with Gasteiger partial charge in [0.2, 0.25) is 0 Å². The Morgan fingerprint density at radius 3 is 2.58 bits per heavy atom. The van der Waals surface area contributed by atoms with Gasteiger partial charge in [-0.25, -0.2) is 4.79 Å². The molecule has 2 aromatic rings. The summed E-state index contributed by atoms with van der Waals surface area (Å²) < 4.78 is 40.7. The summed E-state index contributed by atoms with van der Waals surface area (Å²) in [5, 5.41) is 7.74. The van der Waals surface area contributed by atoms with Gasteiger partial charge in [-0.15, -0.1) is 0 Å². The number of halogens is 3. The molecule has 0 aliphatic carbocycles. The minimum atomic E-state index is -5.08. The van der Waals surface area contributed by atoms with E-state index in [1.807, 2.05) is 23.9 Å². The summed E-state index contributed by atoms with van der Waals surface area (Å²) in [5.41, 5.74) is 7.28. The van der Waals surface area contributed by atoms with Crippen molar-refractivity contribution >= 4 is 22.6 Å². The van der Waals surface area contributed by atoms with Gasteiger partial charge in [-0.05, 0) is 12.5 Å². The first-order chi connectivity index (χ1) is 11.1. The van der Waals surface area contributed by atoms with Crippen molar-refractivity contribution in [1.82, 2.24) is 9.13 Å². The maximum absolute atomic E-state index is 12.4. The molecule has 2 aromatic heterocycles. The first-order valence-corrected chi connectivity index (χ1v) is 6.96. The Balaban J connectivity index is 0.000000256. The molecule has 3 heterocycles. The molecule has 7 nitrogen and oxygen atoms in total. The Morgan fingerprint density at radius 1 is 1.46 bits per heavy atom. The zero-order valence-electron chi connectivity index (χ0n) is 12.7. The molecule has 0 aromatic carbocycles. The number of carbonyl (C=O) groups is 1. The molecular formula is C14H16F3N3O4. The summed E-state index contributed by atoms with van der Waals surface area (Å²) in [6.07, 6.45) is -0.580. The van der Waals surface area contributed by atoms with Crippen LogP contribution in [0.1, 0.15) is 12.5 Å². The Morgan fingerprint density at radius 2 is 2.08 bits per heavy atom. The molecule has 0 saturated carbocycles. The second-order valence-corrected chi connectivity index (χ2v) is 5.30. The highest BCUT2D eigenvalue weighted by Gasteiger charge is 2.38. The number of fused-ring (bicyclic) bond motifs is 1. The van der Waals surface area contributed by atoms with Gasteiger partial charge in [-0.3, -0.25) is 4.79 Å². The number of nitrogen functional groups attached to an aromatic ring is 1. The summed E-state index contributed by atoms with van der Waals surface area (Å²) in [7, 11) is 1.89. The molecule has 0 spiro atoms. The van der Waals surface area contributed by atoms with Crippen molar-refractivity contribution in [1.29, 1.82) is 0 Å². The van der Waals surface area contributed by atoms with E-state index in [4.69, 9.17) is 20.4 Å². The average molecular weight is 347 g/mol. The van der Waals surface area contributed by atoms with Crippen LogP contribution in [0.2, 0.25) is 0 Å². The number of carboxylic acids is 1. The first-order valence-electron chi connectivity index (χ1n) is 6.96. The van der Waals surface area contributed by atoms with Crippen LogP contribution in [0.4, 0.5) is 18.9 Å². The minimum Gasteiger partial charge on any atom is -0.475 e. The molecular weight excluding hydrogens is 331 g/mol. The van der Waals surface area contributed by atoms with Gasteiger partial charge in [-0.1, -0.05) is 0 Å². The van der Waals surface area contributed by atoms with Gasteiger partial charge in [0, 0.05) is 26.0 Å². The lowest BCUT2D eigenvalue weighted by Gasteiger charge is -2.12. The van der Waals surface area contributed by atoms with E-state index < -0.39 is 12.1 Å². The highest BCUT2D eigenvalue weighted by atomic mass is 19.4. The number of pyridine rings is 1. The van der Waals surface area contributed by atoms with E-state index in [9.17, 15) is 18.0 Å². The SMILES string of the molecule is Cn1cc(N)c2c(=O)n([C@H]3CCOC3)ccc21.O=C(O)C(F)(F)F. The molecule has 10 heteroatoms. The summed E-state index contributed by atoms with van der Waals surface area (Å²) in [6, 6.07) is 2.08. The highest BCUT2D eigenvalue weighted by Crippen LogP contribution is 2.22. The number of anilines is 1. The molecule has 3 N–H and O–H groups in total. The number of alkyl halides is 3. The van der Waals surface area contributed by atoms with Crippen LogP contribution in [0.3, 0.4) is 0 Å². The number of hydrogen-bond acceptors (Lipinski definition) is 4. The third-order valence-corrected chi connectivity index (χ3v) is 3.64. The van der Waals surface area contributed by atoms with Crippen molar-refractivity contribution in [2.75, 3.05) is 18.9 Å². The van der Waals surface area contributed by atoms with Crippen LogP contribution in [-0.4, -0.2) is 39.6 Å². The van der Waals surface area contributed by atoms with Crippen LogP contribution in [0.15, 0.2) is 23.3 Å². The predicted molar refractivity (Wildman–Crippen MR) is 79.8 cm³/mol. The van der Waals surface area contributed by atoms with E-state index in [0.29, 0.717) is 17.7 Å². The molecule has 0 unspecified atom stereocenters. The van der Waals surface area contributed by atoms with Crippen LogP contribution in [0.25, 0.3) is 10.9 Å². The number of rotatable bonds is 1. The molecule has 0 amide bonds. The number of nitrogens with zero attached hydrogens (tertiary/aromatic N) is 2. The molecule has 1 aliphatic rings. The minimum absolute atomic E-state index is 0.0175. The number of carboxylic acid groups (broad SMARTS) is 1. The van der Waals surface area contributed by atoms with Crippen molar-refractivity contribution in [2.45, 2.75) is 18.6 Å². The molecule has 132 valence electrons. The van der Waals surface area contributed by atoms with Gasteiger partial charge in [-0.2, -0.15) is 13.2 Å². The molecule has 3 rings (SSSR count). The predicted octanol–water partition coefficient (Wildman–Crippen LogP) is 1.52. The zero-order chi connectivity index (χ0) is 18.1. The van der Waals surface area contributed by atoms with Gasteiger partial charge in [0.05, 0.1) is 29.2 Å². The van der Waals surface area contributed by atoms with Crippen molar-refractivity contribution in [3.8, 4) is 0 Å². The standard InChI is InChI=1S/C12H15N3O2.C2HF3O2/c1-14-6-9(13)11-10(14)2-4-15(12(11)16)8-3-5-17-7-8;3-2(4,5)1(6)7/h2,4,6,8H,3,5,7,13H2,1H3;(H,6,7)/t8-;/m0./s1. The van der Waals surface area contributed by atoms with E-state index in [1.165, 1.54) is 0 Å². The molecule has 1 aliphatic heterocycles. The Hall–Kier alpha value is -2.49. The first kappa shape index (κ1) is 17.9. The third-order valence-electron chi connectivity index (χ3n) is 3.64. The van der Waals surface area contributed by atoms with Crippen LogP contribution in [0.5, 0.6) is 0 Å². The maximum Gasteiger partial charge on any atom is 0.490 e. The lowest BCUT2D eigenvalue weighted by molar-refractivity contribution is -0.192. The number of aliphatic carboxylic acids is 1. The monoisotopic (exact) mass is 347 g/mol. The number of ether oxygens (including phenoxy) is 1. The Labute approximate surface area is 134 Å². The fourth-order valence-electron chi connectivity index (χ4n) is 2.48. The summed E-state index contributed by atoms with van der Waals surface area (Å²) in [5.74, 6) is -2.76. The number of hydrogen-bond donors (Lipinski definition) is 2. The van der Waals surface area contributed by atoms with Crippen molar-refractivity contribution in [2.24, 2.45) is 7.05 Å². The van der Waals surface area contributed by atoms with E-state index in [1.54, 1.807) is 10.8 Å². The number of aromatic nitrogens is 2. The smallest absolute Gasteiger partial charge is 0.475 e. The Bertz CT molecular complexity index is 804. The van der Waals surface area contributed by atoms with Gasteiger partial charge in [0.15, 0.2) is 0 Å². The molecule has 0 bridgehead atoms. The van der Waals surface area contributed by atoms with Crippen molar-refractivity contribution < 1.29 is 27.8 Å². The second kappa shape index (κ2) is 6.56. The van der Waals surface area contributed by atoms with Gasteiger partial charge < -0.3 is 24.7 Å². The van der Waals surface area contributed by atoms with Gasteiger partial charge in [0.25, 0.3) is 5.56 Å². The molecule has 24 heavy (non-hydrogen) atoms. The summed E-state index contributed by atoms with van der Waals surface area (Å²) in [6.45, 7) is 1.33. The average Bonchev–Trinajstić information content (AvgIpc) is 3.08. The lowest BCUT2D eigenvalue weighted by Crippen LogP contribution is -2.24. The maximum atomic E-state index is 12.4. The van der Waals surface area contributed by atoms with Crippen LogP contribution in [-0.2, 0) is 16.6 Å². The van der Waals surface area contributed by atoms with E-state index in [0.717, 1.165) is 18.5 Å². The normalized spacial score (nSPS) is 17.6. The largest absolute Gasteiger partial charge is 0.490 e. The fraction of sp³-hybridized carbons (Fsp3) is 0.429. The third kappa shape index (κ3) is 3.53. The van der Waals surface area contributed by atoms with E-state index >= 15 is 0 Å². The van der Waals surface area contributed by atoms with E-state index in [2.05, 4.69) is 0 Å². The summed E-state index contributed by atoms with van der Waals surface area (Å²) in [4.78, 5) is 21.3. The van der Waals surface area contributed by atoms with Gasteiger partial charge >= 0.3 is 12.1 Å². The molecule has 1 atom stereocenters. The molecule has 0 radical (unpaired) electrons. The summed E-state index contributed by atoms with van der Waals surface area (Å²) >= 11 is 0. The van der Waals surface area contributed by atoms with Crippen LogP contribution < -0.4 is 11.3 Å². The number of nitrogens with two attached hydrogens (primary N) is 1. The zero-order valence-corrected chi connectivity index (χ0v) is 12.7. The lowest BCUT2D eigenvalue weighted by atomic mass is 10.2. The number of aryl methyl sites for hydroxylation is 1. The quantitative estimate of drug-likeness (QED) is 0.815. The van der Waals surface area contributed by atoms with Crippen LogP contribution >= 0.6 is 0 Å². The molecule has 1 fully saturated rings. The van der Waals surface area contributed by atoms with Crippen molar-refractivity contribution in [3.05, 3.63) is 28.8 Å². The van der Waals surface area contributed by atoms with E-state index in [-0.39, 0.29) is 11.6 Å². The Kier molecular flexibility index (Phi) is 4.88. The second-order valence-electron chi connectivity index (χ2n) is 5.30.